The number of carboxylic acid groups (broad SMARTS) is 1. The Hall–Kier alpha value is -1.07. The van der Waals surface area contributed by atoms with E-state index in [2.05, 4.69) is 20.8 Å². The van der Waals surface area contributed by atoms with Crippen molar-refractivity contribution < 1.29 is 14.6 Å². The molecule has 0 aliphatic carbocycles. The molecule has 0 atom stereocenters. The number of nitrogens with zero attached hydrogens (tertiary/aromatic N) is 1. The number of aromatic carboxylic acids is 1. The molecule has 2 rings (SSSR count). The first-order chi connectivity index (χ1) is 9.00. The molecule has 4 nitrogen and oxygen atoms in total. The zero-order valence-corrected chi connectivity index (χ0v) is 12.7. The zero-order valence-electron chi connectivity index (χ0n) is 11.1. The lowest BCUT2D eigenvalue weighted by Crippen LogP contribution is -2.37. The van der Waals surface area contributed by atoms with Gasteiger partial charge in [-0.2, -0.15) is 0 Å². The third kappa shape index (κ3) is 3.09. The van der Waals surface area contributed by atoms with E-state index in [1.165, 1.54) is 0 Å². The van der Waals surface area contributed by atoms with Crippen molar-refractivity contribution >= 4 is 27.6 Å². The molecule has 1 fully saturated rings. The van der Waals surface area contributed by atoms with Crippen LogP contribution in [0.5, 0.6) is 0 Å². The molecule has 5 heteroatoms. The van der Waals surface area contributed by atoms with Crippen LogP contribution in [-0.2, 0) is 4.74 Å². The van der Waals surface area contributed by atoms with E-state index in [9.17, 15) is 9.90 Å². The van der Waals surface area contributed by atoms with Crippen LogP contribution in [0.15, 0.2) is 16.6 Å². The highest BCUT2D eigenvalue weighted by Crippen LogP contribution is 2.30. The monoisotopic (exact) mass is 327 g/mol. The van der Waals surface area contributed by atoms with Crippen molar-refractivity contribution in [3.8, 4) is 0 Å². The molecule has 0 spiro atoms. The zero-order chi connectivity index (χ0) is 14.0. The Morgan fingerprint density at radius 3 is 2.63 bits per heavy atom. The lowest BCUT2D eigenvalue weighted by atomic mass is 10.0. The van der Waals surface area contributed by atoms with Crippen molar-refractivity contribution in [1.29, 1.82) is 0 Å². The predicted octanol–water partition coefficient (Wildman–Crippen LogP) is 3.07. The Morgan fingerprint density at radius 2 is 2.05 bits per heavy atom. The molecule has 0 saturated carbocycles. The third-order valence-corrected chi connectivity index (χ3v) is 4.15. The molecular formula is C14H18BrNO3. The summed E-state index contributed by atoms with van der Waals surface area (Å²) in [6.45, 7) is 3.41. The first-order valence-electron chi connectivity index (χ1n) is 6.34. The van der Waals surface area contributed by atoms with Crippen LogP contribution in [-0.4, -0.2) is 37.4 Å². The van der Waals surface area contributed by atoms with E-state index in [0.717, 1.165) is 41.8 Å². The molecule has 0 bridgehead atoms. The number of halogens is 1. The Kier molecular flexibility index (Phi) is 4.47. The molecule has 0 unspecified atom stereocenters. The minimum absolute atomic E-state index is 0.350. The molecule has 0 radical (unpaired) electrons. The summed E-state index contributed by atoms with van der Waals surface area (Å²) >= 11 is 3.39. The van der Waals surface area contributed by atoms with Crippen LogP contribution >= 0.6 is 15.9 Å². The largest absolute Gasteiger partial charge is 0.478 e. The normalized spacial score (nSPS) is 16.4. The summed E-state index contributed by atoms with van der Waals surface area (Å²) in [4.78, 5) is 13.4. The van der Waals surface area contributed by atoms with Gasteiger partial charge in [-0.3, -0.25) is 0 Å². The number of rotatable bonds is 3. The molecule has 1 aromatic carbocycles. The summed E-state index contributed by atoms with van der Waals surface area (Å²) in [7, 11) is 2.02. The predicted molar refractivity (Wildman–Crippen MR) is 78.1 cm³/mol. The summed E-state index contributed by atoms with van der Waals surface area (Å²) < 4.78 is 6.17. The van der Waals surface area contributed by atoms with Gasteiger partial charge in [-0.1, -0.05) is 15.9 Å². The quantitative estimate of drug-likeness (QED) is 0.926. The van der Waals surface area contributed by atoms with E-state index < -0.39 is 5.97 Å². The van der Waals surface area contributed by atoms with E-state index in [-0.39, 0.29) is 0 Å². The van der Waals surface area contributed by atoms with Crippen LogP contribution in [0, 0.1) is 6.92 Å². The summed E-state index contributed by atoms with van der Waals surface area (Å²) in [6, 6.07) is 4.04. The number of benzene rings is 1. The molecule has 1 aliphatic rings. The first kappa shape index (κ1) is 14.3. The number of ether oxygens (including phenoxy) is 1. The SMILES string of the molecule is Cc1c(C(=O)O)cc(Br)cc1N(C)C1CCOCC1. The van der Waals surface area contributed by atoms with Crippen LogP contribution in [0.1, 0.15) is 28.8 Å². The van der Waals surface area contributed by atoms with Gasteiger partial charge in [0.15, 0.2) is 0 Å². The van der Waals surface area contributed by atoms with Crippen molar-refractivity contribution in [3.63, 3.8) is 0 Å². The van der Waals surface area contributed by atoms with Crippen LogP contribution in [0.2, 0.25) is 0 Å². The van der Waals surface area contributed by atoms with E-state index in [0.29, 0.717) is 11.6 Å². The highest BCUT2D eigenvalue weighted by Gasteiger charge is 2.22. The van der Waals surface area contributed by atoms with Crippen LogP contribution in [0.3, 0.4) is 0 Å². The highest BCUT2D eigenvalue weighted by atomic mass is 79.9. The molecular weight excluding hydrogens is 310 g/mol. The lowest BCUT2D eigenvalue weighted by molar-refractivity contribution is 0.0695. The van der Waals surface area contributed by atoms with Gasteiger partial charge in [-0.25, -0.2) is 4.79 Å². The van der Waals surface area contributed by atoms with Crippen molar-refractivity contribution in [2.24, 2.45) is 0 Å². The maximum absolute atomic E-state index is 11.3. The van der Waals surface area contributed by atoms with Crippen LogP contribution < -0.4 is 4.90 Å². The molecule has 1 aliphatic heterocycles. The second kappa shape index (κ2) is 5.92. The van der Waals surface area contributed by atoms with Gasteiger partial charge in [-0.05, 0) is 37.5 Å². The molecule has 1 heterocycles. The number of carboxylic acids is 1. The van der Waals surface area contributed by atoms with Gasteiger partial charge in [0.1, 0.15) is 0 Å². The number of anilines is 1. The smallest absolute Gasteiger partial charge is 0.336 e. The van der Waals surface area contributed by atoms with Crippen molar-refractivity contribution in [3.05, 3.63) is 27.7 Å². The van der Waals surface area contributed by atoms with Gasteiger partial charge < -0.3 is 14.7 Å². The minimum Gasteiger partial charge on any atom is -0.478 e. The summed E-state index contributed by atoms with van der Waals surface area (Å²) in [5, 5.41) is 9.25. The molecule has 1 saturated heterocycles. The fraction of sp³-hybridized carbons (Fsp3) is 0.500. The standard InChI is InChI=1S/C14H18BrNO3/c1-9-12(14(17)18)7-10(15)8-13(9)16(2)11-3-5-19-6-4-11/h7-8,11H,3-6H2,1-2H3,(H,17,18). The van der Waals surface area contributed by atoms with E-state index in [4.69, 9.17) is 4.74 Å². The minimum atomic E-state index is -0.888. The van der Waals surface area contributed by atoms with E-state index in [1.54, 1.807) is 6.07 Å². The van der Waals surface area contributed by atoms with Crippen molar-refractivity contribution in [1.82, 2.24) is 0 Å². The summed E-state index contributed by atoms with van der Waals surface area (Å²) in [6.07, 6.45) is 1.95. The number of carbonyl (C=O) groups is 1. The van der Waals surface area contributed by atoms with E-state index in [1.807, 2.05) is 20.0 Å². The molecule has 0 amide bonds. The van der Waals surface area contributed by atoms with Gasteiger partial charge in [0.25, 0.3) is 0 Å². The van der Waals surface area contributed by atoms with Gasteiger partial charge >= 0.3 is 5.97 Å². The fourth-order valence-corrected chi connectivity index (χ4v) is 2.97. The lowest BCUT2D eigenvalue weighted by Gasteiger charge is -2.34. The van der Waals surface area contributed by atoms with Crippen LogP contribution in [0.4, 0.5) is 5.69 Å². The number of hydrogen-bond donors (Lipinski definition) is 1. The van der Waals surface area contributed by atoms with Crippen LogP contribution in [0.25, 0.3) is 0 Å². The molecule has 1 N–H and O–H groups in total. The average Bonchev–Trinajstić information content (AvgIpc) is 2.41. The van der Waals surface area contributed by atoms with Gasteiger partial charge in [0, 0.05) is 36.5 Å². The average molecular weight is 328 g/mol. The van der Waals surface area contributed by atoms with Gasteiger partial charge in [0.2, 0.25) is 0 Å². The molecule has 19 heavy (non-hydrogen) atoms. The second-order valence-electron chi connectivity index (χ2n) is 4.86. The maximum atomic E-state index is 11.3. The molecule has 0 aromatic heterocycles. The molecule has 1 aromatic rings. The summed E-state index contributed by atoms with van der Waals surface area (Å²) in [5.41, 5.74) is 2.13. The number of hydrogen-bond acceptors (Lipinski definition) is 3. The first-order valence-corrected chi connectivity index (χ1v) is 7.14. The maximum Gasteiger partial charge on any atom is 0.336 e. The van der Waals surface area contributed by atoms with Crippen molar-refractivity contribution in [2.45, 2.75) is 25.8 Å². The Morgan fingerprint density at radius 1 is 1.42 bits per heavy atom. The Labute approximate surface area is 121 Å². The van der Waals surface area contributed by atoms with Crippen molar-refractivity contribution in [2.75, 3.05) is 25.2 Å². The third-order valence-electron chi connectivity index (χ3n) is 3.69. The topological polar surface area (TPSA) is 49.8 Å². The summed E-state index contributed by atoms with van der Waals surface area (Å²) in [5.74, 6) is -0.888. The second-order valence-corrected chi connectivity index (χ2v) is 5.77. The molecule has 104 valence electrons. The Bertz CT molecular complexity index is 484. The van der Waals surface area contributed by atoms with E-state index >= 15 is 0 Å². The highest BCUT2D eigenvalue weighted by molar-refractivity contribution is 9.10. The van der Waals surface area contributed by atoms with Gasteiger partial charge in [0.05, 0.1) is 5.56 Å². The Balaban J connectivity index is 2.35. The fourth-order valence-electron chi connectivity index (χ4n) is 2.52. The van der Waals surface area contributed by atoms with Gasteiger partial charge in [-0.15, -0.1) is 0 Å².